The normalized spacial score (nSPS) is 12.6. The molecule has 1 N–H and O–H groups in total. The van der Waals surface area contributed by atoms with Crippen LogP contribution in [-0.2, 0) is 11.2 Å². The molecule has 0 aliphatic heterocycles. The number of methoxy groups -OCH3 is 1. The van der Waals surface area contributed by atoms with Crippen molar-refractivity contribution in [3.05, 3.63) is 35.9 Å². The minimum Gasteiger partial charge on any atom is -0.385 e. The fourth-order valence-electron chi connectivity index (χ4n) is 2.22. The highest BCUT2D eigenvalue weighted by Gasteiger charge is 2.09. The summed E-state index contributed by atoms with van der Waals surface area (Å²) in [5, 5.41) is 3.54. The van der Waals surface area contributed by atoms with Gasteiger partial charge in [-0.2, -0.15) is 0 Å². The molecule has 0 saturated carbocycles. The Labute approximate surface area is 112 Å². The molecule has 1 rings (SSSR count). The van der Waals surface area contributed by atoms with Crippen LogP contribution in [0.5, 0.6) is 0 Å². The Kier molecular flexibility index (Phi) is 8.53. The molecule has 0 amide bonds. The number of hydrogen-bond donors (Lipinski definition) is 1. The van der Waals surface area contributed by atoms with Crippen LogP contribution >= 0.6 is 0 Å². The van der Waals surface area contributed by atoms with Gasteiger partial charge in [0.15, 0.2) is 0 Å². The van der Waals surface area contributed by atoms with Crippen molar-refractivity contribution in [2.45, 2.75) is 32.6 Å². The summed E-state index contributed by atoms with van der Waals surface area (Å²) in [4.78, 5) is 0. The Morgan fingerprint density at radius 1 is 1.22 bits per heavy atom. The van der Waals surface area contributed by atoms with Crippen LogP contribution in [0.3, 0.4) is 0 Å². The van der Waals surface area contributed by atoms with Gasteiger partial charge in [-0.15, -0.1) is 0 Å². The Balaban J connectivity index is 2.37. The van der Waals surface area contributed by atoms with Gasteiger partial charge in [0.05, 0.1) is 0 Å². The lowest BCUT2D eigenvalue weighted by atomic mass is 9.95. The summed E-state index contributed by atoms with van der Waals surface area (Å²) in [7, 11) is 1.78. The van der Waals surface area contributed by atoms with Crippen molar-refractivity contribution in [2.75, 3.05) is 26.8 Å². The standard InChI is InChI=1S/C16H27NO/c1-3-11-17-14-16(10-7-12-18-2)13-15-8-5-4-6-9-15/h4-6,8-9,16-17H,3,7,10-14H2,1-2H3. The zero-order chi connectivity index (χ0) is 13.1. The maximum absolute atomic E-state index is 5.15. The van der Waals surface area contributed by atoms with E-state index in [9.17, 15) is 0 Å². The fraction of sp³-hybridized carbons (Fsp3) is 0.625. The van der Waals surface area contributed by atoms with Crippen molar-refractivity contribution in [2.24, 2.45) is 5.92 Å². The van der Waals surface area contributed by atoms with Crippen molar-refractivity contribution < 1.29 is 4.74 Å². The second-order valence-corrected chi connectivity index (χ2v) is 4.89. The predicted molar refractivity (Wildman–Crippen MR) is 77.9 cm³/mol. The van der Waals surface area contributed by atoms with E-state index in [1.807, 2.05) is 0 Å². The van der Waals surface area contributed by atoms with Crippen LogP contribution in [0.15, 0.2) is 30.3 Å². The fourth-order valence-corrected chi connectivity index (χ4v) is 2.22. The lowest BCUT2D eigenvalue weighted by Crippen LogP contribution is -2.25. The maximum Gasteiger partial charge on any atom is 0.0462 e. The average molecular weight is 249 g/mol. The van der Waals surface area contributed by atoms with E-state index >= 15 is 0 Å². The first-order valence-electron chi connectivity index (χ1n) is 7.10. The zero-order valence-corrected chi connectivity index (χ0v) is 11.8. The Morgan fingerprint density at radius 2 is 2.00 bits per heavy atom. The van der Waals surface area contributed by atoms with Crippen molar-refractivity contribution >= 4 is 0 Å². The molecule has 0 bridgehead atoms. The molecule has 0 aliphatic rings. The van der Waals surface area contributed by atoms with Gasteiger partial charge in [-0.1, -0.05) is 37.3 Å². The third-order valence-corrected chi connectivity index (χ3v) is 3.19. The molecule has 0 heterocycles. The molecule has 0 saturated heterocycles. The van der Waals surface area contributed by atoms with Crippen molar-refractivity contribution in [3.8, 4) is 0 Å². The molecule has 0 aliphatic carbocycles. The molecular formula is C16H27NO. The largest absolute Gasteiger partial charge is 0.385 e. The number of hydrogen-bond acceptors (Lipinski definition) is 2. The molecule has 2 nitrogen and oxygen atoms in total. The van der Waals surface area contributed by atoms with Crippen LogP contribution in [0, 0.1) is 5.92 Å². The Hall–Kier alpha value is -0.860. The second kappa shape index (κ2) is 10.1. The van der Waals surface area contributed by atoms with Crippen LogP contribution in [0.1, 0.15) is 31.7 Å². The van der Waals surface area contributed by atoms with E-state index in [0.717, 1.165) is 26.1 Å². The summed E-state index contributed by atoms with van der Waals surface area (Å²) >= 11 is 0. The minimum atomic E-state index is 0.717. The lowest BCUT2D eigenvalue weighted by molar-refractivity contribution is 0.186. The van der Waals surface area contributed by atoms with E-state index in [4.69, 9.17) is 4.74 Å². The molecule has 0 radical (unpaired) electrons. The van der Waals surface area contributed by atoms with Crippen LogP contribution in [0.25, 0.3) is 0 Å². The highest BCUT2D eigenvalue weighted by atomic mass is 16.5. The first kappa shape index (κ1) is 15.2. The molecule has 18 heavy (non-hydrogen) atoms. The van der Waals surface area contributed by atoms with Gasteiger partial charge in [-0.05, 0) is 50.3 Å². The Bertz CT molecular complexity index is 276. The highest BCUT2D eigenvalue weighted by molar-refractivity contribution is 5.15. The summed E-state index contributed by atoms with van der Waals surface area (Å²) in [6.45, 7) is 5.32. The number of nitrogens with one attached hydrogen (secondary N) is 1. The Morgan fingerprint density at radius 3 is 2.67 bits per heavy atom. The summed E-state index contributed by atoms with van der Waals surface area (Å²) in [5.74, 6) is 0.717. The van der Waals surface area contributed by atoms with Crippen LogP contribution in [0.2, 0.25) is 0 Å². The third-order valence-electron chi connectivity index (χ3n) is 3.19. The predicted octanol–water partition coefficient (Wildman–Crippen LogP) is 3.27. The van der Waals surface area contributed by atoms with Gasteiger partial charge in [0.2, 0.25) is 0 Å². The molecule has 102 valence electrons. The minimum absolute atomic E-state index is 0.717. The van der Waals surface area contributed by atoms with Crippen LogP contribution in [0.4, 0.5) is 0 Å². The van der Waals surface area contributed by atoms with E-state index in [-0.39, 0.29) is 0 Å². The van der Waals surface area contributed by atoms with Gasteiger partial charge in [-0.25, -0.2) is 0 Å². The summed E-state index contributed by atoms with van der Waals surface area (Å²) in [6, 6.07) is 10.8. The molecule has 0 spiro atoms. The highest BCUT2D eigenvalue weighted by Crippen LogP contribution is 2.13. The summed E-state index contributed by atoms with van der Waals surface area (Å²) in [6.07, 6.45) is 4.76. The van der Waals surface area contributed by atoms with Gasteiger partial charge in [0, 0.05) is 13.7 Å². The number of rotatable bonds is 10. The second-order valence-electron chi connectivity index (χ2n) is 4.89. The van der Waals surface area contributed by atoms with Gasteiger partial charge in [0.1, 0.15) is 0 Å². The van der Waals surface area contributed by atoms with E-state index in [0.29, 0.717) is 5.92 Å². The number of benzene rings is 1. The van der Waals surface area contributed by atoms with Crippen LogP contribution < -0.4 is 5.32 Å². The first-order chi connectivity index (χ1) is 8.86. The molecule has 1 unspecified atom stereocenters. The van der Waals surface area contributed by atoms with E-state index in [1.54, 1.807) is 7.11 Å². The molecular weight excluding hydrogens is 222 g/mol. The van der Waals surface area contributed by atoms with E-state index in [2.05, 4.69) is 42.6 Å². The molecule has 1 aromatic rings. The van der Waals surface area contributed by atoms with Crippen molar-refractivity contribution in [1.29, 1.82) is 0 Å². The third kappa shape index (κ3) is 6.77. The van der Waals surface area contributed by atoms with E-state index in [1.165, 1.54) is 24.8 Å². The molecule has 1 aromatic carbocycles. The topological polar surface area (TPSA) is 21.3 Å². The molecule has 2 heteroatoms. The van der Waals surface area contributed by atoms with Crippen molar-refractivity contribution in [3.63, 3.8) is 0 Å². The van der Waals surface area contributed by atoms with E-state index < -0.39 is 0 Å². The quantitative estimate of drug-likeness (QED) is 0.643. The smallest absolute Gasteiger partial charge is 0.0462 e. The molecule has 0 fully saturated rings. The maximum atomic E-state index is 5.15. The molecule has 1 atom stereocenters. The lowest BCUT2D eigenvalue weighted by Gasteiger charge is -2.17. The van der Waals surface area contributed by atoms with Gasteiger partial charge >= 0.3 is 0 Å². The van der Waals surface area contributed by atoms with Gasteiger partial charge < -0.3 is 10.1 Å². The first-order valence-corrected chi connectivity index (χ1v) is 7.10. The number of ether oxygens (including phenoxy) is 1. The van der Waals surface area contributed by atoms with Gasteiger partial charge in [0.25, 0.3) is 0 Å². The zero-order valence-electron chi connectivity index (χ0n) is 11.8. The average Bonchev–Trinajstić information content (AvgIpc) is 2.40. The van der Waals surface area contributed by atoms with Gasteiger partial charge in [-0.3, -0.25) is 0 Å². The summed E-state index contributed by atoms with van der Waals surface area (Å²) in [5.41, 5.74) is 1.44. The molecule has 0 aromatic heterocycles. The van der Waals surface area contributed by atoms with Crippen molar-refractivity contribution in [1.82, 2.24) is 5.32 Å². The summed E-state index contributed by atoms with van der Waals surface area (Å²) < 4.78 is 5.15. The monoisotopic (exact) mass is 249 g/mol. The SMILES string of the molecule is CCCNCC(CCCOC)Cc1ccccc1. The van der Waals surface area contributed by atoms with Crippen LogP contribution in [-0.4, -0.2) is 26.8 Å².